The van der Waals surface area contributed by atoms with E-state index >= 15 is 0 Å². The highest BCUT2D eigenvalue weighted by molar-refractivity contribution is 5.68. The van der Waals surface area contributed by atoms with Crippen molar-refractivity contribution in [2.45, 2.75) is 45.3 Å². The molecule has 1 aliphatic heterocycles. The summed E-state index contributed by atoms with van der Waals surface area (Å²) in [5.74, 6) is 0.386. The van der Waals surface area contributed by atoms with Gasteiger partial charge in [0.15, 0.2) is 0 Å². The fourth-order valence-corrected chi connectivity index (χ4v) is 2.43. The van der Waals surface area contributed by atoms with E-state index in [1.165, 1.54) is 0 Å². The highest BCUT2D eigenvalue weighted by Crippen LogP contribution is 2.19. The van der Waals surface area contributed by atoms with Crippen LogP contribution in [-0.4, -0.2) is 67.7 Å². The number of likely N-dealkylation sites (tertiary alicyclic amines) is 1. The van der Waals surface area contributed by atoms with E-state index in [0.29, 0.717) is 19.1 Å². The molecule has 1 heterocycles. The minimum Gasteiger partial charge on any atom is -0.444 e. The SMILES string of the molecule is COCC(CO)NCC1CCCN(C(=O)OC(C)(C)C)C1. The third-order valence-electron chi connectivity index (χ3n) is 3.45. The first kappa shape index (κ1) is 18.2. The van der Waals surface area contributed by atoms with E-state index in [9.17, 15) is 9.90 Å². The van der Waals surface area contributed by atoms with Crippen molar-refractivity contribution in [3.8, 4) is 0 Å². The molecule has 2 N–H and O–H groups in total. The van der Waals surface area contributed by atoms with Crippen LogP contribution in [0.4, 0.5) is 4.79 Å². The number of amides is 1. The van der Waals surface area contributed by atoms with Gasteiger partial charge in [0.2, 0.25) is 0 Å². The maximum absolute atomic E-state index is 12.1. The normalized spacial score (nSPS) is 21.2. The summed E-state index contributed by atoms with van der Waals surface area (Å²) in [6.07, 6.45) is 1.83. The van der Waals surface area contributed by atoms with Gasteiger partial charge in [0.1, 0.15) is 5.60 Å². The molecule has 6 nitrogen and oxygen atoms in total. The molecule has 1 rings (SSSR count). The lowest BCUT2D eigenvalue weighted by molar-refractivity contribution is 0.0161. The number of hydrogen-bond acceptors (Lipinski definition) is 5. The van der Waals surface area contributed by atoms with E-state index in [4.69, 9.17) is 9.47 Å². The zero-order valence-electron chi connectivity index (χ0n) is 13.7. The number of piperidine rings is 1. The molecule has 0 bridgehead atoms. The summed E-state index contributed by atoms with van der Waals surface area (Å²) >= 11 is 0. The predicted octanol–water partition coefficient (Wildman–Crippen LogP) is 1.23. The van der Waals surface area contributed by atoms with Gasteiger partial charge in [-0.2, -0.15) is 0 Å². The van der Waals surface area contributed by atoms with Crippen LogP contribution in [0.2, 0.25) is 0 Å². The highest BCUT2D eigenvalue weighted by atomic mass is 16.6. The number of nitrogens with one attached hydrogen (secondary N) is 1. The summed E-state index contributed by atoms with van der Waals surface area (Å²) in [4.78, 5) is 13.9. The second-order valence-electron chi connectivity index (χ2n) is 6.68. The molecule has 2 atom stereocenters. The van der Waals surface area contributed by atoms with Crippen molar-refractivity contribution in [3.63, 3.8) is 0 Å². The Bertz CT molecular complexity index is 317. The van der Waals surface area contributed by atoms with E-state index in [-0.39, 0.29) is 18.7 Å². The van der Waals surface area contributed by atoms with Crippen LogP contribution in [0.25, 0.3) is 0 Å². The predicted molar refractivity (Wildman–Crippen MR) is 81.3 cm³/mol. The molecule has 2 unspecified atom stereocenters. The summed E-state index contributed by atoms with van der Waals surface area (Å²) in [5, 5.41) is 12.5. The monoisotopic (exact) mass is 302 g/mol. The first-order chi connectivity index (χ1) is 9.85. The minimum absolute atomic E-state index is 0.0492. The zero-order chi connectivity index (χ0) is 15.9. The molecule has 1 amide bonds. The first-order valence-corrected chi connectivity index (χ1v) is 7.67. The summed E-state index contributed by atoms with van der Waals surface area (Å²) in [6, 6.07) is -0.0492. The number of aliphatic hydroxyl groups excluding tert-OH is 1. The molecule has 0 saturated carbocycles. The fraction of sp³-hybridized carbons (Fsp3) is 0.933. The maximum atomic E-state index is 12.1. The van der Waals surface area contributed by atoms with Crippen LogP contribution >= 0.6 is 0 Å². The lowest BCUT2D eigenvalue weighted by atomic mass is 9.98. The summed E-state index contributed by atoms with van der Waals surface area (Å²) in [5.41, 5.74) is -0.456. The lowest BCUT2D eigenvalue weighted by Crippen LogP contribution is -2.47. The smallest absolute Gasteiger partial charge is 0.410 e. The van der Waals surface area contributed by atoms with Crippen molar-refractivity contribution < 1.29 is 19.4 Å². The Morgan fingerprint density at radius 3 is 2.76 bits per heavy atom. The van der Waals surface area contributed by atoms with Crippen molar-refractivity contribution >= 4 is 6.09 Å². The standard InChI is InChI=1S/C15H30N2O4/c1-15(2,3)21-14(19)17-7-5-6-12(9-17)8-16-13(10-18)11-20-4/h12-13,16,18H,5-11H2,1-4H3. The minimum atomic E-state index is -0.456. The number of aliphatic hydroxyl groups is 1. The van der Waals surface area contributed by atoms with E-state index < -0.39 is 5.60 Å². The number of rotatable bonds is 6. The van der Waals surface area contributed by atoms with Gasteiger partial charge in [0, 0.05) is 26.7 Å². The number of nitrogens with zero attached hydrogens (tertiary/aromatic N) is 1. The molecule has 1 saturated heterocycles. The Morgan fingerprint density at radius 2 is 2.19 bits per heavy atom. The molecule has 21 heavy (non-hydrogen) atoms. The second-order valence-corrected chi connectivity index (χ2v) is 6.68. The van der Waals surface area contributed by atoms with Gasteiger partial charge < -0.3 is 24.8 Å². The van der Waals surface area contributed by atoms with Crippen molar-refractivity contribution in [3.05, 3.63) is 0 Å². The molecule has 1 aliphatic rings. The largest absolute Gasteiger partial charge is 0.444 e. The number of carbonyl (C=O) groups excluding carboxylic acids is 1. The molecule has 0 aromatic carbocycles. The van der Waals surface area contributed by atoms with Gasteiger partial charge in [-0.25, -0.2) is 4.79 Å². The van der Waals surface area contributed by atoms with Crippen LogP contribution < -0.4 is 5.32 Å². The van der Waals surface area contributed by atoms with Gasteiger partial charge >= 0.3 is 6.09 Å². The molecule has 0 spiro atoms. The van der Waals surface area contributed by atoms with Crippen LogP contribution in [0.3, 0.4) is 0 Å². The average Bonchev–Trinajstić information content (AvgIpc) is 2.42. The van der Waals surface area contributed by atoms with Crippen LogP contribution in [0.1, 0.15) is 33.6 Å². The van der Waals surface area contributed by atoms with Gasteiger partial charge in [0.05, 0.1) is 19.3 Å². The Kier molecular flexibility index (Phi) is 7.42. The summed E-state index contributed by atoms with van der Waals surface area (Å²) < 4.78 is 10.5. The van der Waals surface area contributed by atoms with Crippen LogP contribution in [0.15, 0.2) is 0 Å². The Labute approximate surface area is 127 Å². The molecular formula is C15H30N2O4. The number of ether oxygens (including phenoxy) is 2. The van der Waals surface area contributed by atoms with Crippen molar-refractivity contribution in [1.82, 2.24) is 10.2 Å². The fourth-order valence-electron chi connectivity index (χ4n) is 2.43. The first-order valence-electron chi connectivity index (χ1n) is 7.67. The van der Waals surface area contributed by atoms with Gasteiger partial charge in [0.25, 0.3) is 0 Å². The second kappa shape index (κ2) is 8.56. The van der Waals surface area contributed by atoms with Gasteiger partial charge in [-0.3, -0.25) is 0 Å². The van der Waals surface area contributed by atoms with E-state index in [1.54, 1.807) is 12.0 Å². The van der Waals surface area contributed by atoms with Gasteiger partial charge in [-0.05, 0) is 39.5 Å². The average molecular weight is 302 g/mol. The summed E-state index contributed by atoms with van der Waals surface area (Å²) in [6.45, 7) is 8.41. The summed E-state index contributed by atoms with van der Waals surface area (Å²) in [7, 11) is 1.62. The third kappa shape index (κ3) is 7.11. The molecule has 0 radical (unpaired) electrons. The van der Waals surface area contributed by atoms with Crippen LogP contribution in [0.5, 0.6) is 0 Å². The van der Waals surface area contributed by atoms with E-state index in [0.717, 1.165) is 25.9 Å². The van der Waals surface area contributed by atoms with E-state index in [1.807, 2.05) is 20.8 Å². The molecule has 0 aromatic heterocycles. The van der Waals surface area contributed by atoms with Gasteiger partial charge in [-0.15, -0.1) is 0 Å². The van der Waals surface area contributed by atoms with Crippen molar-refractivity contribution in [2.75, 3.05) is 40.0 Å². The lowest BCUT2D eigenvalue weighted by Gasteiger charge is -2.34. The molecule has 1 fully saturated rings. The topological polar surface area (TPSA) is 71.0 Å². The third-order valence-corrected chi connectivity index (χ3v) is 3.45. The molecule has 0 aliphatic carbocycles. The van der Waals surface area contributed by atoms with Crippen LogP contribution in [-0.2, 0) is 9.47 Å². The number of carbonyl (C=O) groups is 1. The zero-order valence-corrected chi connectivity index (χ0v) is 13.7. The Hall–Kier alpha value is -0.850. The molecular weight excluding hydrogens is 272 g/mol. The quantitative estimate of drug-likeness (QED) is 0.772. The number of hydrogen-bond donors (Lipinski definition) is 2. The highest BCUT2D eigenvalue weighted by Gasteiger charge is 2.27. The van der Waals surface area contributed by atoms with Crippen molar-refractivity contribution in [2.24, 2.45) is 5.92 Å². The maximum Gasteiger partial charge on any atom is 0.410 e. The van der Waals surface area contributed by atoms with Gasteiger partial charge in [-0.1, -0.05) is 0 Å². The molecule has 0 aromatic rings. The Morgan fingerprint density at radius 1 is 1.48 bits per heavy atom. The molecule has 6 heteroatoms. The number of methoxy groups -OCH3 is 1. The van der Waals surface area contributed by atoms with Crippen LogP contribution in [0, 0.1) is 5.92 Å². The van der Waals surface area contributed by atoms with E-state index in [2.05, 4.69) is 5.32 Å². The Balaban J connectivity index is 2.39. The molecule has 124 valence electrons. The van der Waals surface area contributed by atoms with Crippen molar-refractivity contribution in [1.29, 1.82) is 0 Å².